The van der Waals surface area contributed by atoms with Crippen LogP contribution in [0.5, 0.6) is 0 Å². The van der Waals surface area contributed by atoms with Crippen molar-refractivity contribution in [2.75, 3.05) is 6.54 Å². The van der Waals surface area contributed by atoms with Gasteiger partial charge in [-0.1, -0.05) is 0 Å². The molecule has 12 heavy (non-hydrogen) atoms. The van der Waals surface area contributed by atoms with E-state index >= 15 is 0 Å². The highest BCUT2D eigenvalue weighted by Gasteiger charge is 2.44. The second-order valence-corrected chi connectivity index (χ2v) is 3.23. The van der Waals surface area contributed by atoms with Crippen molar-refractivity contribution in [1.82, 2.24) is 10.6 Å². The molecule has 2 N–H and O–H groups in total. The fourth-order valence-electron chi connectivity index (χ4n) is 1.45. The summed E-state index contributed by atoms with van der Waals surface area (Å²) < 4.78 is 36.7. The van der Waals surface area contributed by atoms with Crippen LogP contribution in [0, 0.1) is 5.92 Å². The van der Waals surface area contributed by atoms with E-state index in [2.05, 4.69) is 10.6 Å². The molecule has 5 heteroatoms. The minimum Gasteiger partial charge on any atom is -0.301 e. The maximum absolute atomic E-state index is 12.2. The summed E-state index contributed by atoms with van der Waals surface area (Å²) in [6.07, 6.45) is -4.13. The van der Waals surface area contributed by atoms with Crippen molar-refractivity contribution < 1.29 is 13.2 Å². The first kappa shape index (κ1) is 9.80. The van der Waals surface area contributed by atoms with Gasteiger partial charge < -0.3 is 5.32 Å². The molecule has 1 fully saturated rings. The standard InChI is InChI=1S/C7H13F3N2/c1-4-6(7(8,9)10)3-11-5(2)12-4/h4-6,11-12H,3H2,1-2H3. The van der Waals surface area contributed by atoms with E-state index in [-0.39, 0.29) is 12.7 Å². The minimum atomic E-state index is -4.10. The number of hydrogen-bond donors (Lipinski definition) is 2. The fourth-order valence-corrected chi connectivity index (χ4v) is 1.45. The van der Waals surface area contributed by atoms with Crippen LogP contribution in [0.1, 0.15) is 13.8 Å². The predicted molar refractivity (Wildman–Crippen MR) is 39.6 cm³/mol. The third kappa shape index (κ3) is 2.10. The molecule has 72 valence electrons. The van der Waals surface area contributed by atoms with Gasteiger partial charge in [0.1, 0.15) is 0 Å². The van der Waals surface area contributed by atoms with Crippen LogP contribution in [-0.2, 0) is 0 Å². The lowest BCUT2D eigenvalue weighted by atomic mass is 9.98. The van der Waals surface area contributed by atoms with E-state index in [4.69, 9.17) is 0 Å². The van der Waals surface area contributed by atoms with Crippen molar-refractivity contribution in [2.24, 2.45) is 5.92 Å². The van der Waals surface area contributed by atoms with Gasteiger partial charge in [-0.3, -0.25) is 5.32 Å². The summed E-state index contributed by atoms with van der Waals surface area (Å²) in [5.41, 5.74) is 0. The molecule has 1 aliphatic heterocycles. The van der Waals surface area contributed by atoms with Gasteiger partial charge in [0.25, 0.3) is 0 Å². The summed E-state index contributed by atoms with van der Waals surface area (Å²) in [6.45, 7) is 3.39. The molecule has 0 aromatic rings. The maximum Gasteiger partial charge on any atom is 0.394 e. The predicted octanol–water partition coefficient (Wildman–Crippen LogP) is 1.09. The van der Waals surface area contributed by atoms with Gasteiger partial charge in [-0.15, -0.1) is 0 Å². The second-order valence-electron chi connectivity index (χ2n) is 3.23. The van der Waals surface area contributed by atoms with Crippen molar-refractivity contribution >= 4 is 0 Å². The Morgan fingerprint density at radius 3 is 2.25 bits per heavy atom. The van der Waals surface area contributed by atoms with Gasteiger partial charge in [0, 0.05) is 12.6 Å². The van der Waals surface area contributed by atoms with Gasteiger partial charge >= 0.3 is 6.18 Å². The Balaban J connectivity index is 2.57. The van der Waals surface area contributed by atoms with Crippen molar-refractivity contribution in [3.8, 4) is 0 Å². The molecular formula is C7H13F3N2. The Morgan fingerprint density at radius 1 is 1.25 bits per heavy atom. The third-order valence-corrected chi connectivity index (χ3v) is 2.18. The van der Waals surface area contributed by atoms with Crippen molar-refractivity contribution in [3.63, 3.8) is 0 Å². The Bertz CT molecular complexity index is 157. The van der Waals surface area contributed by atoms with E-state index in [1.165, 1.54) is 0 Å². The lowest BCUT2D eigenvalue weighted by molar-refractivity contribution is -0.185. The maximum atomic E-state index is 12.2. The van der Waals surface area contributed by atoms with Crippen LogP contribution in [0.3, 0.4) is 0 Å². The highest BCUT2D eigenvalue weighted by Crippen LogP contribution is 2.29. The largest absolute Gasteiger partial charge is 0.394 e. The summed E-state index contributed by atoms with van der Waals surface area (Å²) >= 11 is 0. The van der Waals surface area contributed by atoms with Crippen LogP contribution in [0.2, 0.25) is 0 Å². The average molecular weight is 182 g/mol. The number of alkyl halides is 3. The average Bonchev–Trinajstić information content (AvgIpc) is 1.83. The zero-order chi connectivity index (χ0) is 9.35. The van der Waals surface area contributed by atoms with E-state index in [1.54, 1.807) is 6.92 Å². The second kappa shape index (κ2) is 3.22. The van der Waals surface area contributed by atoms with Crippen LogP contribution in [0.25, 0.3) is 0 Å². The first-order valence-electron chi connectivity index (χ1n) is 3.97. The van der Waals surface area contributed by atoms with Gasteiger partial charge in [-0.05, 0) is 13.8 Å². The molecule has 1 saturated heterocycles. The highest BCUT2D eigenvalue weighted by molar-refractivity contribution is 4.86. The summed E-state index contributed by atoms with van der Waals surface area (Å²) in [5.74, 6) is -1.27. The minimum absolute atomic E-state index is 0.0127. The smallest absolute Gasteiger partial charge is 0.301 e. The molecule has 0 aromatic heterocycles. The molecular weight excluding hydrogens is 169 g/mol. The molecule has 3 unspecified atom stereocenters. The first-order chi connectivity index (χ1) is 5.41. The van der Waals surface area contributed by atoms with Crippen LogP contribution in [0.15, 0.2) is 0 Å². The van der Waals surface area contributed by atoms with Crippen LogP contribution < -0.4 is 10.6 Å². The Morgan fingerprint density at radius 2 is 1.83 bits per heavy atom. The van der Waals surface area contributed by atoms with Gasteiger partial charge in [-0.25, -0.2) is 0 Å². The Hall–Kier alpha value is -0.290. The molecule has 0 bridgehead atoms. The van der Waals surface area contributed by atoms with Gasteiger partial charge in [0.2, 0.25) is 0 Å². The number of nitrogens with one attached hydrogen (secondary N) is 2. The van der Waals surface area contributed by atoms with E-state index in [1.807, 2.05) is 6.92 Å². The summed E-state index contributed by atoms with van der Waals surface area (Å²) in [7, 11) is 0. The number of hydrogen-bond acceptors (Lipinski definition) is 2. The topological polar surface area (TPSA) is 24.1 Å². The summed E-state index contributed by atoms with van der Waals surface area (Å²) in [6, 6.07) is -0.499. The molecule has 0 radical (unpaired) electrons. The molecule has 1 rings (SSSR count). The molecule has 1 aliphatic rings. The monoisotopic (exact) mass is 182 g/mol. The van der Waals surface area contributed by atoms with Crippen LogP contribution >= 0.6 is 0 Å². The van der Waals surface area contributed by atoms with Gasteiger partial charge in [0.15, 0.2) is 0 Å². The van der Waals surface area contributed by atoms with Gasteiger partial charge in [-0.2, -0.15) is 13.2 Å². The lowest BCUT2D eigenvalue weighted by Gasteiger charge is -2.35. The lowest BCUT2D eigenvalue weighted by Crippen LogP contribution is -2.59. The molecule has 0 aromatic carbocycles. The van der Waals surface area contributed by atoms with E-state index in [0.29, 0.717) is 0 Å². The zero-order valence-electron chi connectivity index (χ0n) is 7.07. The fraction of sp³-hybridized carbons (Fsp3) is 1.00. The SMILES string of the molecule is CC1NCC(C(F)(F)F)C(C)N1. The van der Waals surface area contributed by atoms with E-state index < -0.39 is 18.1 Å². The molecule has 0 aliphatic carbocycles. The number of halogens is 3. The van der Waals surface area contributed by atoms with Crippen LogP contribution in [-0.4, -0.2) is 24.9 Å². The third-order valence-electron chi connectivity index (χ3n) is 2.18. The Labute approximate surface area is 69.5 Å². The van der Waals surface area contributed by atoms with Crippen molar-refractivity contribution in [1.29, 1.82) is 0 Å². The molecule has 3 atom stereocenters. The normalized spacial score (nSPS) is 38.2. The molecule has 2 nitrogen and oxygen atoms in total. The van der Waals surface area contributed by atoms with Crippen LogP contribution in [0.4, 0.5) is 13.2 Å². The number of rotatable bonds is 0. The molecule has 0 saturated carbocycles. The first-order valence-corrected chi connectivity index (χ1v) is 3.97. The van der Waals surface area contributed by atoms with Crippen molar-refractivity contribution in [2.45, 2.75) is 32.2 Å². The molecule has 0 spiro atoms. The quantitative estimate of drug-likeness (QED) is 0.586. The molecule has 0 amide bonds. The zero-order valence-corrected chi connectivity index (χ0v) is 7.07. The highest BCUT2D eigenvalue weighted by atomic mass is 19.4. The van der Waals surface area contributed by atoms with E-state index in [9.17, 15) is 13.2 Å². The van der Waals surface area contributed by atoms with E-state index in [0.717, 1.165) is 0 Å². The van der Waals surface area contributed by atoms with Gasteiger partial charge in [0.05, 0.1) is 12.1 Å². The summed E-state index contributed by atoms with van der Waals surface area (Å²) in [5, 5.41) is 5.54. The summed E-state index contributed by atoms with van der Waals surface area (Å²) in [4.78, 5) is 0. The molecule has 1 heterocycles. The van der Waals surface area contributed by atoms with Crippen molar-refractivity contribution in [3.05, 3.63) is 0 Å². The Kier molecular flexibility index (Phi) is 2.63.